The first-order valence-corrected chi connectivity index (χ1v) is 7.48. The molecule has 0 saturated heterocycles. The van der Waals surface area contributed by atoms with E-state index in [0.29, 0.717) is 0 Å². The van der Waals surface area contributed by atoms with Crippen LogP contribution in [0.5, 0.6) is 0 Å². The van der Waals surface area contributed by atoms with Gasteiger partial charge in [-0.15, -0.1) is 0 Å². The highest BCUT2D eigenvalue weighted by atomic mass is 32.2. The van der Waals surface area contributed by atoms with Gasteiger partial charge in [-0.05, 0) is 19.4 Å². The van der Waals surface area contributed by atoms with Crippen LogP contribution in [-0.4, -0.2) is 37.6 Å². The van der Waals surface area contributed by atoms with Gasteiger partial charge in [0.1, 0.15) is 6.54 Å². The van der Waals surface area contributed by atoms with Crippen LogP contribution in [0.2, 0.25) is 0 Å². The van der Waals surface area contributed by atoms with Gasteiger partial charge in [0.25, 0.3) is 0 Å². The zero-order valence-electron chi connectivity index (χ0n) is 11.4. The second-order valence-electron chi connectivity index (χ2n) is 4.42. The van der Waals surface area contributed by atoms with Crippen molar-refractivity contribution in [3.63, 3.8) is 0 Å². The highest BCUT2D eigenvalue weighted by molar-refractivity contribution is 7.89. The highest BCUT2D eigenvalue weighted by Crippen LogP contribution is 2.13. The van der Waals surface area contributed by atoms with Crippen LogP contribution in [0.15, 0.2) is 30.3 Å². The van der Waals surface area contributed by atoms with E-state index in [1.807, 2.05) is 30.3 Å². The van der Waals surface area contributed by atoms with Crippen molar-refractivity contribution < 1.29 is 17.9 Å². The van der Waals surface area contributed by atoms with E-state index in [9.17, 15) is 13.2 Å². The summed E-state index contributed by atoms with van der Waals surface area (Å²) in [4.78, 5) is 11.4. The van der Waals surface area contributed by atoms with Crippen LogP contribution in [0.25, 0.3) is 0 Å². The summed E-state index contributed by atoms with van der Waals surface area (Å²) >= 11 is 0. The average molecular weight is 285 g/mol. The maximum atomic E-state index is 12.2. The van der Waals surface area contributed by atoms with Gasteiger partial charge in [0.05, 0.1) is 12.4 Å². The lowest BCUT2D eigenvalue weighted by Gasteiger charge is -2.23. The monoisotopic (exact) mass is 285 g/mol. The average Bonchev–Trinajstić information content (AvgIpc) is 2.38. The zero-order valence-corrected chi connectivity index (χ0v) is 12.2. The first kappa shape index (κ1) is 15.7. The Bertz CT molecular complexity index is 511. The van der Waals surface area contributed by atoms with Gasteiger partial charge in [0.2, 0.25) is 10.0 Å². The lowest BCUT2D eigenvalue weighted by atomic mass is 10.2. The molecule has 0 saturated carbocycles. The lowest BCUT2D eigenvalue weighted by Crippen LogP contribution is -2.39. The van der Waals surface area contributed by atoms with E-state index in [1.54, 1.807) is 13.8 Å². The predicted molar refractivity (Wildman–Crippen MR) is 72.9 cm³/mol. The molecule has 0 amide bonds. The van der Waals surface area contributed by atoms with Crippen LogP contribution in [0.4, 0.5) is 0 Å². The Labute approximate surface area is 114 Å². The molecule has 1 rings (SSSR count). The third kappa shape index (κ3) is 4.33. The van der Waals surface area contributed by atoms with Gasteiger partial charge in [-0.2, -0.15) is 4.31 Å². The number of carbonyl (C=O) groups is 1. The Morgan fingerprint density at radius 2 is 1.84 bits per heavy atom. The first-order chi connectivity index (χ1) is 8.87. The molecule has 0 spiro atoms. The molecule has 0 bridgehead atoms. The molecule has 0 N–H and O–H groups in total. The standard InChI is InChI=1S/C13H19NO4S/c1-11(2)19(16,17)14(10-13(15)18-3)9-12-7-5-4-6-8-12/h4-8,11H,9-10H2,1-3H3. The van der Waals surface area contributed by atoms with E-state index < -0.39 is 21.2 Å². The number of benzene rings is 1. The highest BCUT2D eigenvalue weighted by Gasteiger charge is 2.28. The molecular weight excluding hydrogens is 266 g/mol. The van der Waals surface area contributed by atoms with E-state index in [0.717, 1.165) is 9.87 Å². The predicted octanol–water partition coefficient (Wildman–Crippen LogP) is 1.40. The molecular formula is C13H19NO4S. The van der Waals surface area contributed by atoms with Crippen molar-refractivity contribution in [2.75, 3.05) is 13.7 Å². The van der Waals surface area contributed by atoms with Crippen molar-refractivity contribution in [3.8, 4) is 0 Å². The summed E-state index contributed by atoms with van der Waals surface area (Å²) < 4.78 is 30.1. The minimum Gasteiger partial charge on any atom is -0.468 e. The van der Waals surface area contributed by atoms with Gasteiger partial charge in [-0.25, -0.2) is 8.42 Å². The normalized spacial score (nSPS) is 11.8. The fraction of sp³-hybridized carbons (Fsp3) is 0.462. The molecule has 0 aliphatic carbocycles. The number of methoxy groups -OCH3 is 1. The van der Waals surface area contributed by atoms with Crippen molar-refractivity contribution in [2.24, 2.45) is 0 Å². The Hall–Kier alpha value is -1.40. The summed E-state index contributed by atoms with van der Waals surface area (Å²) in [7, 11) is -2.27. The maximum absolute atomic E-state index is 12.2. The number of nitrogens with zero attached hydrogens (tertiary/aromatic N) is 1. The van der Waals surface area contributed by atoms with Gasteiger partial charge >= 0.3 is 5.97 Å². The zero-order chi connectivity index (χ0) is 14.5. The molecule has 19 heavy (non-hydrogen) atoms. The Morgan fingerprint density at radius 3 is 2.32 bits per heavy atom. The minimum atomic E-state index is -3.51. The van der Waals surface area contributed by atoms with Crippen LogP contribution < -0.4 is 0 Å². The number of sulfonamides is 1. The van der Waals surface area contributed by atoms with Crippen molar-refractivity contribution in [2.45, 2.75) is 25.6 Å². The van der Waals surface area contributed by atoms with Gasteiger partial charge < -0.3 is 4.74 Å². The largest absolute Gasteiger partial charge is 0.468 e. The second-order valence-corrected chi connectivity index (χ2v) is 6.91. The van der Waals surface area contributed by atoms with Crippen LogP contribution in [0, 0.1) is 0 Å². The Balaban J connectivity index is 2.97. The molecule has 0 aromatic heterocycles. The summed E-state index contributed by atoms with van der Waals surface area (Å²) in [5.74, 6) is -0.569. The van der Waals surface area contributed by atoms with E-state index in [1.165, 1.54) is 7.11 Å². The Morgan fingerprint density at radius 1 is 1.26 bits per heavy atom. The van der Waals surface area contributed by atoms with Crippen LogP contribution in [0.1, 0.15) is 19.4 Å². The van der Waals surface area contributed by atoms with Crippen molar-refractivity contribution in [1.29, 1.82) is 0 Å². The third-order valence-electron chi connectivity index (χ3n) is 2.69. The summed E-state index contributed by atoms with van der Waals surface area (Å²) in [6, 6.07) is 9.15. The van der Waals surface area contributed by atoms with Crippen LogP contribution in [0.3, 0.4) is 0 Å². The van der Waals surface area contributed by atoms with Crippen molar-refractivity contribution in [3.05, 3.63) is 35.9 Å². The summed E-state index contributed by atoms with van der Waals surface area (Å²) in [5.41, 5.74) is 0.829. The Kier molecular flexibility index (Phi) is 5.50. The molecule has 6 heteroatoms. The second kappa shape index (κ2) is 6.68. The molecule has 0 fully saturated rings. The number of carbonyl (C=O) groups excluding carboxylic acids is 1. The quantitative estimate of drug-likeness (QED) is 0.741. The van der Waals surface area contributed by atoms with Crippen LogP contribution >= 0.6 is 0 Å². The fourth-order valence-electron chi connectivity index (χ4n) is 1.53. The summed E-state index contributed by atoms with van der Waals surface area (Å²) in [6.07, 6.45) is 0. The molecule has 0 aliphatic heterocycles. The molecule has 0 unspecified atom stereocenters. The van der Waals surface area contributed by atoms with Gasteiger partial charge in [0.15, 0.2) is 0 Å². The number of hydrogen-bond donors (Lipinski definition) is 0. The SMILES string of the molecule is COC(=O)CN(Cc1ccccc1)S(=O)(=O)C(C)C. The molecule has 0 aliphatic rings. The maximum Gasteiger partial charge on any atom is 0.321 e. The van der Waals surface area contributed by atoms with Crippen LogP contribution in [-0.2, 0) is 26.1 Å². The molecule has 106 valence electrons. The number of ether oxygens (including phenoxy) is 1. The molecule has 1 aromatic rings. The van der Waals surface area contributed by atoms with E-state index >= 15 is 0 Å². The topological polar surface area (TPSA) is 63.7 Å². The van der Waals surface area contributed by atoms with Crippen molar-refractivity contribution >= 4 is 16.0 Å². The van der Waals surface area contributed by atoms with Gasteiger partial charge in [0, 0.05) is 6.54 Å². The van der Waals surface area contributed by atoms with Crippen molar-refractivity contribution in [1.82, 2.24) is 4.31 Å². The van der Waals surface area contributed by atoms with E-state index in [-0.39, 0.29) is 13.1 Å². The molecule has 1 aromatic carbocycles. The number of esters is 1. The molecule has 0 heterocycles. The van der Waals surface area contributed by atoms with E-state index in [2.05, 4.69) is 4.74 Å². The molecule has 5 nitrogen and oxygen atoms in total. The van der Waals surface area contributed by atoms with E-state index in [4.69, 9.17) is 0 Å². The smallest absolute Gasteiger partial charge is 0.321 e. The molecule has 0 radical (unpaired) electrons. The summed E-state index contributed by atoms with van der Waals surface area (Å²) in [6.45, 7) is 3.07. The molecule has 0 atom stereocenters. The fourth-order valence-corrected chi connectivity index (χ4v) is 2.74. The summed E-state index contributed by atoms with van der Waals surface area (Å²) in [5, 5.41) is -0.583. The first-order valence-electron chi connectivity index (χ1n) is 5.97. The number of hydrogen-bond acceptors (Lipinski definition) is 4. The number of rotatable bonds is 6. The lowest BCUT2D eigenvalue weighted by molar-refractivity contribution is -0.140. The minimum absolute atomic E-state index is 0.163. The van der Waals surface area contributed by atoms with Gasteiger partial charge in [-0.1, -0.05) is 30.3 Å². The van der Waals surface area contributed by atoms with Gasteiger partial charge in [-0.3, -0.25) is 4.79 Å². The third-order valence-corrected chi connectivity index (χ3v) is 4.86.